The molecule has 0 aliphatic carbocycles. The molecule has 0 spiro atoms. The van der Waals surface area contributed by atoms with E-state index in [2.05, 4.69) is 0 Å². The summed E-state index contributed by atoms with van der Waals surface area (Å²) in [5.41, 5.74) is 0.303. The highest BCUT2D eigenvalue weighted by Crippen LogP contribution is 2.35. The third kappa shape index (κ3) is 2.21. The molecule has 1 heterocycles. The number of halogens is 1. The lowest BCUT2D eigenvalue weighted by atomic mass is 10.2. The number of fused-ring (bicyclic) bond motifs is 1. The first-order valence-corrected chi connectivity index (χ1v) is 7.90. The SMILES string of the molecule is O=[N+]([O-])c1cccc(S(=O)(=O)N2CCc3cccc(F)c32)c1. The van der Waals surface area contributed by atoms with Crippen molar-refractivity contribution in [2.75, 3.05) is 10.8 Å². The van der Waals surface area contributed by atoms with Crippen LogP contribution < -0.4 is 4.31 Å². The van der Waals surface area contributed by atoms with Gasteiger partial charge in [-0.15, -0.1) is 0 Å². The van der Waals surface area contributed by atoms with Crippen LogP contribution in [0.2, 0.25) is 0 Å². The average Bonchev–Trinajstić information content (AvgIpc) is 2.93. The summed E-state index contributed by atoms with van der Waals surface area (Å²) >= 11 is 0. The number of rotatable bonds is 3. The van der Waals surface area contributed by atoms with Crippen molar-refractivity contribution in [3.05, 3.63) is 64.0 Å². The molecule has 0 saturated heterocycles. The highest BCUT2D eigenvalue weighted by molar-refractivity contribution is 7.92. The fourth-order valence-corrected chi connectivity index (χ4v) is 4.05. The zero-order chi connectivity index (χ0) is 15.9. The zero-order valence-electron chi connectivity index (χ0n) is 11.3. The van der Waals surface area contributed by atoms with Crippen LogP contribution in [0.15, 0.2) is 47.4 Å². The average molecular weight is 322 g/mol. The lowest BCUT2D eigenvalue weighted by molar-refractivity contribution is -0.385. The van der Waals surface area contributed by atoms with Gasteiger partial charge in [-0.3, -0.25) is 14.4 Å². The lowest BCUT2D eigenvalue weighted by Gasteiger charge is -2.19. The Bertz CT molecular complexity index is 867. The van der Waals surface area contributed by atoms with E-state index in [1.54, 1.807) is 6.07 Å². The summed E-state index contributed by atoms with van der Waals surface area (Å²) in [7, 11) is -4.04. The zero-order valence-corrected chi connectivity index (χ0v) is 12.1. The molecule has 2 aromatic carbocycles. The van der Waals surface area contributed by atoms with Crippen molar-refractivity contribution in [1.29, 1.82) is 0 Å². The Hall–Kier alpha value is -2.48. The van der Waals surface area contributed by atoms with Gasteiger partial charge < -0.3 is 0 Å². The number of hydrogen-bond donors (Lipinski definition) is 0. The van der Waals surface area contributed by atoms with Crippen LogP contribution in [0.25, 0.3) is 0 Å². The molecule has 0 amide bonds. The Morgan fingerprint density at radius 1 is 1.18 bits per heavy atom. The van der Waals surface area contributed by atoms with Crippen LogP contribution >= 0.6 is 0 Å². The Morgan fingerprint density at radius 3 is 2.64 bits per heavy atom. The number of benzene rings is 2. The molecule has 0 aromatic heterocycles. The van der Waals surface area contributed by atoms with Crippen LogP contribution in [0.1, 0.15) is 5.56 Å². The molecule has 0 N–H and O–H groups in total. The Morgan fingerprint density at radius 2 is 1.91 bits per heavy atom. The van der Waals surface area contributed by atoms with E-state index in [0.717, 1.165) is 10.4 Å². The van der Waals surface area contributed by atoms with Crippen LogP contribution in [0.4, 0.5) is 15.8 Å². The normalized spacial score (nSPS) is 14.0. The summed E-state index contributed by atoms with van der Waals surface area (Å²) in [5, 5.41) is 10.8. The molecule has 0 saturated carbocycles. The van der Waals surface area contributed by atoms with Crippen molar-refractivity contribution < 1.29 is 17.7 Å². The van der Waals surface area contributed by atoms with Crippen molar-refractivity contribution in [3.63, 3.8) is 0 Å². The van der Waals surface area contributed by atoms with Gasteiger partial charge in [-0.25, -0.2) is 12.8 Å². The maximum absolute atomic E-state index is 14.0. The Balaban J connectivity index is 2.10. The number of nitrogens with zero attached hydrogens (tertiary/aromatic N) is 2. The van der Waals surface area contributed by atoms with Crippen molar-refractivity contribution in [2.24, 2.45) is 0 Å². The van der Waals surface area contributed by atoms with E-state index in [9.17, 15) is 22.9 Å². The van der Waals surface area contributed by atoms with E-state index in [4.69, 9.17) is 0 Å². The second-order valence-electron chi connectivity index (χ2n) is 4.83. The first-order chi connectivity index (χ1) is 10.4. The van der Waals surface area contributed by atoms with Crippen LogP contribution in [0.5, 0.6) is 0 Å². The van der Waals surface area contributed by atoms with Gasteiger partial charge in [-0.1, -0.05) is 18.2 Å². The van der Waals surface area contributed by atoms with E-state index in [1.165, 1.54) is 30.3 Å². The monoisotopic (exact) mass is 322 g/mol. The van der Waals surface area contributed by atoms with Crippen molar-refractivity contribution in [1.82, 2.24) is 0 Å². The molecule has 0 atom stereocenters. The maximum Gasteiger partial charge on any atom is 0.270 e. The van der Waals surface area contributed by atoms with E-state index in [-0.39, 0.29) is 22.8 Å². The van der Waals surface area contributed by atoms with Crippen LogP contribution in [0.3, 0.4) is 0 Å². The molecule has 0 bridgehead atoms. The minimum atomic E-state index is -4.04. The number of para-hydroxylation sites is 1. The molecule has 1 aliphatic rings. The second-order valence-corrected chi connectivity index (χ2v) is 6.69. The van der Waals surface area contributed by atoms with E-state index < -0.39 is 20.8 Å². The minimum absolute atomic E-state index is 0.0222. The van der Waals surface area contributed by atoms with Crippen LogP contribution in [-0.2, 0) is 16.4 Å². The molecule has 0 unspecified atom stereocenters. The quantitative estimate of drug-likeness (QED) is 0.642. The number of anilines is 1. The lowest BCUT2D eigenvalue weighted by Crippen LogP contribution is -2.29. The van der Waals surface area contributed by atoms with Gasteiger partial charge in [-0.2, -0.15) is 0 Å². The summed E-state index contributed by atoms with van der Waals surface area (Å²) in [6.45, 7) is 0.112. The number of non-ortho nitro benzene ring substituents is 1. The standard InChI is InChI=1S/C14H11FN2O4S/c15-13-6-1-3-10-7-8-16(14(10)13)22(20,21)12-5-2-4-11(9-12)17(18)19/h1-6,9H,7-8H2. The number of nitro groups is 1. The van der Waals surface area contributed by atoms with Crippen molar-refractivity contribution in [3.8, 4) is 0 Å². The first kappa shape index (κ1) is 14.5. The number of sulfonamides is 1. The fourth-order valence-electron chi connectivity index (χ4n) is 2.50. The van der Waals surface area contributed by atoms with Crippen molar-refractivity contribution >= 4 is 21.4 Å². The van der Waals surface area contributed by atoms with E-state index in [0.29, 0.717) is 12.0 Å². The summed E-state index contributed by atoms with van der Waals surface area (Å²) in [6.07, 6.45) is 0.404. The molecule has 8 heteroatoms. The largest absolute Gasteiger partial charge is 0.270 e. The predicted octanol–water partition coefficient (Wildman–Crippen LogP) is 2.49. The third-order valence-corrected chi connectivity index (χ3v) is 5.32. The Kier molecular flexibility index (Phi) is 3.32. The topological polar surface area (TPSA) is 80.5 Å². The molecule has 1 aliphatic heterocycles. The summed E-state index contributed by atoms with van der Waals surface area (Å²) in [5.74, 6) is -0.621. The highest BCUT2D eigenvalue weighted by atomic mass is 32.2. The highest BCUT2D eigenvalue weighted by Gasteiger charge is 2.33. The molecular weight excluding hydrogens is 311 g/mol. The number of hydrogen-bond acceptors (Lipinski definition) is 4. The molecular formula is C14H11FN2O4S. The smallest absolute Gasteiger partial charge is 0.263 e. The number of nitro benzene ring substituents is 1. The molecule has 2 aromatic rings. The third-order valence-electron chi connectivity index (χ3n) is 3.52. The van der Waals surface area contributed by atoms with E-state index >= 15 is 0 Å². The van der Waals surface area contributed by atoms with E-state index in [1.807, 2.05) is 0 Å². The van der Waals surface area contributed by atoms with Gasteiger partial charge in [0.05, 0.1) is 15.5 Å². The van der Waals surface area contributed by atoms with Gasteiger partial charge in [0, 0.05) is 18.7 Å². The molecule has 0 radical (unpaired) electrons. The van der Waals surface area contributed by atoms with Gasteiger partial charge >= 0.3 is 0 Å². The Labute approximate surface area is 126 Å². The molecule has 22 heavy (non-hydrogen) atoms. The molecule has 114 valence electrons. The van der Waals surface area contributed by atoms with Gasteiger partial charge in [0.15, 0.2) is 0 Å². The maximum atomic E-state index is 14.0. The second kappa shape index (κ2) is 5.06. The van der Waals surface area contributed by atoms with Crippen LogP contribution in [0, 0.1) is 15.9 Å². The first-order valence-electron chi connectivity index (χ1n) is 6.46. The van der Waals surface area contributed by atoms with Gasteiger partial charge in [-0.05, 0) is 24.1 Å². The molecule has 3 rings (SSSR count). The van der Waals surface area contributed by atoms with Gasteiger partial charge in [0.1, 0.15) is 5.82 Å². The summed E-state index contributed by atoms with van der Waals surface area (Å²) < 4.78 is 40.3. The molecule has 0 fully saturated rings. The summed E-state index contributed by atoms with van der Waals surface area (Å²) in [4.78, 5) is 9.90. The molecule has 6 nitrogen and oxygen atoms in total. The predicted molar refractivity (Wildman–Crippen MR) is 77.7 cm³/mol. The van der Waals surface area contributed by atoms with Gasteiger partial charge in [0.2, 0.25) is 0 Å². The summed E-state index contributed by atoms with van der Waals surface area (Å²) in [6, 6.07) is 9.13. The van der Waals surface area contributed by atoms with Gasteiger partial charge in [0.25, 0.3) is 15.7 Å². The van der Waals surface area contributed by atoms with Crippen LogP contribution in [-0.4, -0.2) is 19.9 Å². The fraction of sp³-hybridized carbons (Fsp3) is 0.143. The van der Waals surface area contributed by atoms with Crippen molar-refractivity contribution in [2.45, 2.75) is 11.3 Å². The minimum Gasteiger partial charge on any atom is -0.263 e.